The van der Waals surface area contributed by atoms with Crippen molar-refractivity contribution in [3.05, 3.63) is 24.5 Å². The summed E-state index contributed by atoms with van der Waals surface area (Å²) in [7, 11) is 5.56. The Bertz CT molecular complexity index is 656. The number of rotatable bonds is 4. The normalized spacial score (nSPS) is 14.7. The van der Waals surface area contributed by atoms with Crippen molar-refractivity contribution in [2.45, 2.75) is 0 Å². The van der Waals surface area contributed by atoms with Crippen molar-refractivity contribution in [1.29, 1.82) is 0 Å². The van der Waals surface area contributed by atoms with Gasteiger partial charge < -0.3 is 19.4 Å². The number of ether oxygens (including phenoxy) is 1. The SMILES string of the molecule is COc1ccnc(N2CCN(c3nccc(N(C)C)n3)CC2)n1. The van der Waals surface area contributed by atoms with Crippen molar-refractivity contribution in [3.63, 3.8) is 0 Å². The van der Waals surface area contributed by atoms with Gasteiger partial charge in [-0.2, -0.15) is 9.97 Å². The van der Waals surface area contributed by atoms with Gasteiger partial charge in [0.15, 0.2) is 0 Å². The second kappa shape index (κ2) is 6.64. The quantitative estimate of drug-likeness (QED) is 0.815. The molecule has 0 saturated carbocycles. The van der Waals surface area contributed by atoms with Crippen molar-refractivity contribution in [3.8, 4) is 5.88 Å². The van der Waals surface area contributed by atoms with Crippen LogP contribution in [0, 0.1) is 0 Å². The van der Waals surface area contributed by atoms with E-state index in [9.17, 15) is 0 Å². The van der Waals surface area contributed by atoms with E-state index in [2.05, 4.69) is 29.7 Å². The van der Waals surface area contributed by atoms with E-state index in [-0.39, 0.29) is 0 Å². The molecule has 0 atom stereocenters. The highest BCUT2D eigenvalue weighted by Crippen LogP contribution is 2.18. The zero-order valence-electron chi connectivity index (χ0n) is 13.7. The Morgan fingerprint density at radius 3 is 2.04 bits per heavy atom. The van der Waals surface area contributed by atoms with Crippen LogP contribution in [0.1, 0.15) is 0 Å². The van der Waals surface area contributed by atoms with Crippen LogP contribution in [0.3, 0.4) is 0 Å². The molecular weight excluding hydrogens is 294 g/mol. The fourth-order valence-corrected chi connectivity index (χ4v) is 2.45. The second-order valence-electron chi connectivity index (χ2n) is 5.48. The molecule has 3 rings (SSSR count). The van der Waals surface area contributed by atoms with E-state index >= 15 is 0 Å². The molecule has 1 aliphatic heterocycles. The maximum atomic E-state index is 5.16. The van der Waals surface area contributed by atoms with Crippen molar-refractivity contribution >= 4 is 17.7 Å². The number of hydrogen-bond donors (Lipinski definition) is 0. The summed E-state index contributed by atoms with van der Waals surface area (Å²) in [6, 6.07) is 3.66. The lowest BCUT2D eigenvalue weighted by Crippen LogP contribution is -2.47. The molecule has 0 aromatic carbocycles. The Morgan fingerprint density at radius 2 is 1.48 bits per heavy atom. The first kappa shape index (κ1) is 15.3. The molecule has 3 heterocycles. The summed E-state index contributed by atoms with van der Waals surface area (Å²) in [6.07, 6.45) is 3.52. The average molecular weight is 315 g/mol. The van der Waals surface area contributed by atoms with Crippen molar-refractivity contribution < 1.29 is 4.74 Å². The molecule has 8 nitrogen and oxygen atoms in total. The third kappa shape index (κ3) is 3.41. The number of hydrogen-bond acceptors (Lipinski definition) is 8. The molecule has 0 unspecified atom stereocenters. The van der Waals surface area contributed by atoms with E-state index in [4.69, 9.17) is 4.74 Å². The predicted octanol–water partition coefficient (Wildman–Crippen LogP) is 0.668. The maximum absolute atomic E-state index is 5.16. The van der Waals surface area contributed by atoms with Gasteiger partial charge in [0.05, 0.1) is 7.11 Å². The summed E-state index contributed by atoms with van der Waals surface area (Å²) in [5.41, 5.74) is 0. The van der Waals surface area contributed by atoms with E-state index in [1.54, 1.807) is 25.6 Å². The number of aromatic nitrogens is 4. The third-order valence-corrected chi connectivity index (χ3v) is 3.76. The van der Waals surface area contributed by atoms with E-state index in [1.807, 2.05) is 25.1 Å². The monoisotopic (exact) mass is 315 g/mol. The lowest BCUT2D eigenvalue weighted by Gasteiger charge is -2.34. The lowest BCUT2D eigenvalue weighted by atomic mass is 10.3. The van der Waals surface area contributed by atoms with Crippen molar-refractivity contribution in [1.82, 2.24) is 19.9 Å². The van der Waals surface area contributed by atoms with E-state index in [0.717, 1.165) is 37.9 Å². The first-order valence-electron chi connectivity index (χ1n) is 7.54. The summed E-state index contributed by atoms with van der Waals surface area (Å²) < 4.78 is 5.16. The Kier molecular flexibility index (Phi) is 4.40. The Morgan fingerprint density at radius 1 is 0.913 bits per heavy atom. The topological polar surface area (TPSA) is 70.5 Å². The molecule has 0 spiro atoms. The van der Waals surface area contributed by atoms with Gasteiger partial charge in [0.2, 0.25) is 17.8 Å². The Hall–Kier alpha value is -2.64. The van der Waals surface area contributed by atoms with Crippen LogP contribution < -0.4 is 19.4 Å². The molecule has 1 saturated heterocycles. The molecule has 0 bridgehead atoms. The fraction of sp³-hybridized carbons (Fsp3) is 0.467. The van der Waals surface area contributed by atoms with Gasteiger partial charge >= 0.3 is 0 Å². The van der Waals surface area contributed by atoms with Gasteiger partial charge in [-0.15, -0.1) is 0 Å². The minimum absolute atomic E-state index is 0.583. The summed E-state index contributed by atoms with van der Waals surface area (Å²) in [5.74, 6) is 2.96. The van der Waals surface area contributed by atoms with Crippen LogP contribution in [0.15, 0.2) is 24.5 Å². The van der Waals surface area contributed by atoms with Crippen LogP contribution in [0.4, 0.5) is 17.7 Å². The number of anilines is 3. The van der Waals surface area contributed by atoms with Crippen molar-refractivity contribution in [2.75, 3.05) is 62.1 Å². The van der Waals surface area contributed by atoms with Crippen LogP contribution in [0.5, 0.6) is 5.88 Å². The molecule has 2 aromatic heterocycles. The smallest absolute Gasteiger partial charge is 0.228 e. The highest BCUT2D eigenvalue weighted by atomic mass is 16.5. The van der Waals surface area contributed by atoms with Crippen molar-refractivity contribution in [2.24, 2.45) is 0 Å². The summed E-state index contributed by atoms with van der Waals surface area (Å²) in [4.78, 5) is 24.0. The molecule has 2 aromatic rings. The predicted molar refractivity (Wildman–Crippen MR) is 89.4 cm³/mol. The highest BCUT2D eigenvalue weighted by Gasteiger charge is 2.21. The molecule has 8 heteroatoms. The van der Waals surface area contributed by atoms with Gasteiger partial charge in [0.25, 0.3) is 0 Å². The lowest BCUT2D eigenvalue weighted by molar-refractivity contribution is 0.396. The Balaban J connectivity index is 1.67. The van der Waals surface area contributed by atoms with Crippen LogP contribution >= 0.6 is 0 Å². The van der Waals surface area contributed by atoms with Gasteiger partial charge in [-0.25, -0.2) is 9.97 Å². The number of nitrogens with zero attached hydrogens (tertiary/aromatic N) is 7. The minimum atomic E-state index is 0.583. The summed E-state index contributed by atoms with van der Waals surface area (Å²) in [6.45, 7) is 3.31. The molecule has 23 heavy (non-hydrogen) atoms. The van der Waals surface area contributed by atoms with Gasteiger partial charge in [-0.05, 0) is 6.07 Å². The molecule has 1 fully saturated rings. The number of piperazine rings is 1. The number of methoxy groups -OCH3 is 1. The maximum Gasteiger partial charge on any atom is 0.228 e. The van der Waals surface area contributed by atoms with E-state index in [1.165, 1.54) is 0 Å². The average Bonchev–Trinajstić information content (AvgIpc) is 2.62. The first-order chi connectivity index (χ1) is 11.2. The third-order valence-electron chi connectivity index (χ3n) is 3.76. The second-order valence-corrected chi connectivity index (χ2v) is 5.48. The van der Waals surface area contributed by atoms with Gasteiger partial charge in [-0.3, -0.25) is 0 Å². The minimum Gasteiger partial charge on any atom is -0.481 e. The molecule has 1 aliphatic rings. The molecule has 0 amide bonds. The first-order valence-corrected chi connectivity index (χ1v) is 7.54. The van der Waals surface area contributed by atoms with E-state index < -0.39 is 0 Å². The molecule has 122 valence electrons. The van der Waals surface area contributed by atoms with Gasteiger partial charge in [0.1, 0.15) is 5.82 Å². The van der Waals surface area contributed by atoms with Gasteiger partial charge in [-0.1, -0.05) is 0 Å². The zero-order valence-corrected chi connectivity index (χ0v) is 13.7. The fourth-order valence-electron chi connectivity index (χ4n) is 2.45. The standard InChI is InChI=1S/C15H21N7O/c1-20(2)12-4-6-16-14(18-12)21-8-10-22(11-9-21)15-17-7-5-13(19-15)23-3/h4-7H,8-11H2,1-3H3. The van der Waals surface area contributed by atoms with Crippen LogP contribution in [0.2, 0.25) is 0 Å². The zero-order chi connectivity index (χ0) is 16.2. The highest BCUT2D eigenvalue weighted by molar-refractivity contribution is 5.44. The van der Waals surface area contributed by atoms with Gasteiger partial charge in [0, 0.05) is 58.7 Å². The Labute approximate surface area is 135 Å². The molecule has 0 aliphatic carbocycles. The van der Waals surface area contributed by atoms with E-state index in [0.29, 0.717) is 11.8 Å². The molecule has 0 radical (unpaired) electrons. The largest absolute Gasteiger partial charge is 0.481 e. The summed E-state index contributed by atoms with van der Waals surface area (Å²) >= 11 is 0. The van der Waals surface area contributed by atoms with Crippen LogP contribution in [0.25, 0.3) is 0 Å². The molecule has 0 N–H and O–H groups in total. The van der Waals surface area contributed by atoms with Crippen LogP contribution in [-0.4, -0.2) is 67.3 Å². The molecular formula is C15H21N7O. The summed E-state index contributed by atoms with van der Waals surface area (Å²) in [5, 5.41) is 0. The van der Waals surface area contributed by atoms with Crippen LogP contribution in [-0.2, 0) is 0 Å².